The Bertz CT molecular complexity index is 155. The minimum absolute atomic E-state index is 0.0893. The van der Waals surface area contributed by atoms with Crippen molar-refractivity contribution >= 4 is 0 Å². The lowest BCUT2D eigenvalue weighted by molar-refractivity contribution is -0.123. The molecule has 1 rings (SSSR count). The number of nitrogens with two attached hydrogens (primary N) is 1. The first-order valence-corrected chi connectivity index (χ1v) is 4.35. The first-order chi connectivity index (χ1) is 5.59. The Balaban J connectivity index is 2.55. The van der Waals surface area contributed by atoms with Gasteiger partial charge in [0.2, 0.25) is 0 Å². The molecule has 3 nitrogen and oxygen atoms in total. The fraction of sp³-hybridized carbons (Fsp3) is 1.00. The summed E-state index contributed by atoms with van der Waals surface area (Å²) in [5.74, 6) is 1.000. The van der Waals surface area contributed by atoms with Gasteiger partial charge in [-0.1, -0.05) is 13.8 Å². The molecular formula is C9H19NO2. The van der Waals surface area contributed by atoms with Crippen LogP contribution in [0.1, 0.15) is 13.8 Å². The summed E-state index contributed by atoms with van der Waals surface area (Å²) < 4.78 is 10.4. The van der Waals surface area contributed by atoms with Crippen LogP contribution in [0.15, 0.2) is 0 Å². The Hall–Kier alpha value is -0.120. The molecule has 0 aromatic rings. The van der Waals surface area contributed by atoms with E-state index in [-0.39, 0.29) is 11.7 Å². The van der Waals surface area contributed by atoms with E-state index in [2.05, 4.69) is 13.8 Å². The topological polar surface area (TPSA) is 44.5 Å². The Morgan fingerprint density at radius 1 is 1.33 bits per heavy atom. The Morgan fingerprint density at radius 3 is 2.08 bits per heavy atom. The Labute approximate surface area is 74.2 Å². The zero-order valence-electron chi connectivity index (χ0n) is 8.33. The quantitative estimate of drug-likeness (QED) is 0.641. The lowest BCUT2D eigenvalue weighted by Gasteiger charge is -2.14. The van der Waals surface area contributed by atoms with Crippen LogP contribution in [0.5, 0.6) is 0 Å². The van der Waals surface area contributed by atoms with Gasteiger partial charge in [0.15, 0.2) is 6.29 Å². The lowest BCUT2D eigenvalue weighted by atomic mass is 10.1. The van der Waals surface area contributed by atoms with Crippen LogP contribution in [0.4, 0.5) is 0 Å². The largest absolute Gasteiger partial charge is 0.356 e. The van der Waals surface area contributed by atoms with E-state index in [1.54, 1.807) is 14.2 Å². The molecule has 2 atom stereocenters. The van der Waals surface area contributed by atoms with Crippen molar-refractivity contribution in [2.75, 3.05) is 20.8 Å². The molecule has 0 bridgehead atoms. The molecule has 1 fully saturated rings. The molecule has 0 aliphatic heterocycles. The fourth-order valence-electron chi connectivity index (χ4n) is 2.17. The van der Waals surface area contributed by atoms with Crippen LogP contribution >= 0.6 is 0 Å². The van der Waals surface area contributed by atoms with Gasteiger partial charge in [0.1, 0.15) is 0 Å². The van der Waals surface area contributed by atoms with Crippen LogP contribution in [0.2, 0.25) is 0 Å². The Kier molecular flexibility index (Phi) is 2.76. The van der Waals surface area contributed by atoms with Gasteiger partial charge in [-0.3, -0.25) is 0 Å². The second kappa shape index (κ2) is 3.32. The first kappa shape index (κ1) is 9.96. The van der Waals surface area contributed by atoms with Crippen molar-refractivity contribution in [3.8, 4) is 0 Å². The van der Waals surface area contributed by atoms with Gasteiger partial charge in [0.25, 0.3) is 0 Å². The van der Waals surface area contributed by atoms with Crippen molar-refractivity contribution < 1.29 is 9.47 Å². The van der Waals surface area contributed by atoms with E-state index in [1.807, 2.05) is 0 Å². The highest BCUT2D eigenvalue weighted by Gasteiger charge is 2.60. The van der Waals surface area contributed by atoms with Gasteiger partial charge in [-0.05, 0) is 17.9 Å². The molecule has 0 radical (unpaired) electrons. The molecule has 0 aromatic carbocycles. The molecule has 0 amide bonds. The molecule has 12 heavy (non-hydrogen) atoms. The number of hydrogen-bond donors (Lipinski definition) is 1. The smallest absolute Gasteiger partial charge is 0.160 e. The van der Waals surface area contributed by atoms with E-state index in [0.717, 1.165) is 6.54 Å². The average Bonchev–Trinajstić information content (AvgIpc) is 2.57. The number of rotatable bonds is 4. The van der Waals surface area contributed by atoms with Crippen LogP contribution in [0, 0.1) is 17.3 Å². The normalized spacial score (nSPS) is 32.5. The second-order valence-electron chi connectivity index (χ2n) is 4.03. The summed E-state index contributed by atoms with van der Waals surface area (Å²) in [5.41, 5.74) is 5.92. The minimum Gasteiger partial charge on any atom is -0.356 e. The van der Waals surface area contributed by atoms with Crippen molar-refractivity contribution in [3.63, 3.8) is 0 Å². The minimum atomic E-state index is -0.0893. The molecule has 1 aliphatic carbocycles. The number of ether oxygens (including phenoxy) is 2. The molecule has 72 valence electrons. The van der Waals surface area contributed by atoms with Crippen LogP contribution < -0.4 is 5.73 Å². The fourth-order valence-corrected chi connectivity index (χ4v) is 2.17. The summed E-state index contributed by atoms with van der Waals surface area (Å²) in [7, 11) is 3.35. The number of methoxy groups -OCH3 is 2. The van der Waals surface area contributed by atoms with Gasteiger partial charge < -0.3 is 15.2 Å². The molecule has 0 spiro atoms. The van der Waals surface area contributed by atoms with Gasteiger partial charge >= 0.3 is 0 Å². The molecule has 1 saturated carbocycles. The van der Waals surface area contributed by atoms with Crippen molar-refractivity contribution in [3.05, 3.63) is 0 Å². The van der Waals surface area contributed by atoms with Crippen LogP contribution in [0.25, 0.3) is 0 Å². The summed E-state index contributed by atoms with van der Waals surface area (Å²) in [5, 5.41) is 0. The maximum Gasteiger partial charge on any atom is 0.160 e. The van der Waals surface area contributed by atoms with E-state index in [4.69, 9.17) is 15.2 Å². The second-order valence-corrected chi connectivity index (χ2v) is 4.03. The van der Waals surface area contributed by atoms with Crippen molar-refractivity contribution in [2.45, 2.75) is 20.1 Å². The highest BCUT2D eigenvalue weighted by atomic mass is 16.7. The predicted molar refractivity (Wildman–Crippen MR) is 47.6 cm³/mol. The predicted octanol–water partition coefficient (Wildman–Crippen LogP) is 0.836. The zero-order chi connectivity index (χ0) is 9.35. The molecule has 3 heteroatoms. The van der Waals surface area contributed by atoms with Gasteiger partial charge in [-0.2, -0.15) is 0 Å². The summed E-state index contributed by atoms with van der Waals surface area (Å²) in [4.78, 5) is 0. The zero-order valence-corrected chi connectivity index (χ0v) is 8.33. The molecule has 0 heterocycles. The number of hydrogen-bond acceptors (Lipinski definition) is 3. The molecule has 0 saturated heterocycles. The SMILES string of the molecule is COC(OC)[C@H]1[C@H](CN)C1(C)C. The molecule has 2 N–H and O–H groups in total. The Morgan fingerprint density at radius 2 is 1.83 bits per heavy atom. The van der Waals surface area contributed by atoms with Gasteiger partial charge in [-0.25, -0.2) is 0 Å². The van der Waals surface area contributed by atoms with Crippen LogP contribution in [0.3, 0.4) is 0 Å². The third kappa shape index (κ3) is 1.37. The highest BCUT2D eigenvalue weighted by molar-refractivity contribution is 5.06. The van der Waals surface area contributed by atoms with Crippen molar-refractivity contribution in [1.29, 1.82) is 0 Å². The third-order valence-electron chi connectivity index (χ3n) is 3.15. The van der Waals surface area contributed by atoms with Crippen molar-refractivity contribution in [1.82, 2.24) is 0 Å². The molecule has 0 aromatic heterocycles. The first-order valence-electron chi connectivity index (χ1n) is 4.35. The third-order valence-corrected chi connectivity index (χ3v) is 3.15. The van der Waals surface area contributed by atoms with E-state index >= 15 is 0 Å². The van der Waals surface area contributed by atoms with Gasteiger partial charge in [-0.15, -0.1) is 0 Å². The maximum atomic E-state index is 5.64. The van der Waals surface area contributed by atoms with E-state index < -0.39 is 0 Å². The maximum absolute atomic E-state index is 5.64. The summed E-state index contributed by atoms with van der Waals surface area (Å²) in [6, 6.07) is 0. The average molecular weight is 173 g/mol. The molecule has 0 unspecified atom stereocenters. The summed E-state index contributed by atoms with van der Waals surface area (Å²) in [6.07, 6.45) is -0.0893. The van der Waals surface area contributed by atoms with Gasteiger partial charge in [0, 0.05) is 20.1 Å². The van der Waals surface area contributed by atoms with E-state index in [9.17, 15) is 0 Å². The summed E-state index contributed by atoms with van der Waals surface area (Å²) in [6.45, 7) is 5.14. The monoisotopic (exact) mass is 173 g/mol. The van der Waals surface area contributed by atoms with Crippen LogP contribution in [-0.2, 0) is 9.47 Å². The molecular weight excluding hydrogens is 154 g/mol. The lowest BCUT2D eigenvalue weighted by Crippen LogP contribution is -2.19. The van der Waals surface area contributed by atoms with E-state index in [1.165, 1.54) is 0 Å². The van der Waals surface area contributed by atoms with Crippen LogP contribution in [-0.4, -0.2) is 27.1 Å². The summed E-state index contributed by atoms with van der Waals surface area (Å²) >= 11 is 0. The van der Waals surface area contributed by atoms with E-state index in [0.29, 0.717) is 11.8 Å². The molecule has 1 aliphatic rings. The standard InChI is InChI=1S/C9H19NO2/c1-9(2)6(5-10)7(9)8(11-3)12-4/h6-8H,5,10H2,1-4H3/t6-,7+/m0/s1. The highest BCUT2D eigenvalue weighted by Crippen LogP contribution is 2.59. The van der Waals surface area contributed by atoms with Crippen molar-refractivity contribution in [2.24, 2.45) is 23.0 Å². The van der Waals surface area contributed by atoms with Gasteiger partial charge in [0.05, 0.1) is 0 Å².